The van der Waals surface area contributed by atoms with Gasteiger partial charge in [0.25, 0.3) is 11.8 Å². The van der Waals surface area contributed by atoms with Crippen molar-refractivity contribution in [3.05, 3.63) is 34.9 Å². The summed E-state index contributed by atoms with van der Waals surface area (Å²) >= 11 is 0. The molecule has 9 nitrogen and oxygen atoms in total. The molecular formula is C20H24N4O5. The number of carbonyl (C=O) groups is 5. The highest BCUT2D eigenvalue weighted by molar-refractivity contribution is 6.23. The first-order valence-electron chi connectivity index (χ1n) is 9.78. The first-order valence-corrected chi connectivity index (χ1v) is 9.78. The summed E-state index contributed by atoms with van der Waals surface area (Å²) in [6.45, 7) is 2.88. The lowest BCUT2D eigenvalue weighted by molar-refractivity contribution is -0.136. The molecule has 1 fully saturated rings. The molecule has 1 aromatic carbocycles. The second-order valence-corrected chi connectivity index (χ2v) is 7.14. The Morgan fingerprint density at radius 1 is 1.10 bits per heavy atom. The molecule has 9 heteroatoms. The molecule has 6 amide bonds. The minimum Gasteiger partial charge on any atom is -0.338 e. The fourth-order valence-corrected chi connectivity index (χ4v) is 3.45. The number of hydrogen-bond acceptors (Lipinski definition) is 5. The number of piperidine rings is 1. The van der Waals surface area contributed by atoms with Crippen molar-refractivity contribution in [1.29, 1.82) is 0 Å². The van der Waals surface area contributed by atoms with Crippen molar-refractivity contribution in [1.82, 2.24) is 20.9 Å². The normalized spacial score (nSPS) is 18.5. The Labute approximate surface area is 168 Å². The van der Waals surface area contributed by atoms with Crippen LogP contribution in [0.5, 0.6) is 0 Å². The Morgan fingerprint density at radius 3 is 2.59 bits per heavy atom. The Balaban J connectivity index is 1.64. The van der Waals surface area contributed by atoms with E-state index in [1.54, 1.807) is 12.1 Å². The van der Waals surface area contributed by atoms with Crippen LogP contribution in [0.15, 0.2) is 18.2 Å². The molecule has 3 rings (SSSR count). The molecule has 0 radical (unpaired) electrons. The minimum absolute atomic E-state index is 0.0757. The van der Waals surface area contributed by atoms with E-state index in [4.69, 9.17) is 0 Å². The van der Waals surface area contributed by atoms with Gasteiger partial charge in [-0.3, -0.25) is 29.4 Å². The highest BCUT2D eigenvalue weighted by Gasteiger charge is 2.44. The highest BCUT2D eigenvalue weighted by Crippen LogP contribution is 2.28. The Hall–Kier alpha value is -3.23. The first kappa shape index (κ1) is 20.5. The van der Waals surface area contributed by atoms with Gasteiger partial charge >= 0.3 is 6.03 Å². The Morgan fingerprint density at radius 2 is 1.86 bits per heavy atom. The van der Waals surface area contributed by atoms with E-state index >= 15 is 0 Å². The molecule has 0 aromatic heterocycles. The van der Waals surface area contributed by atoms with E-state index < -0.39 is 29.7 Å². The number of urea groups is 1. The molecule has 2 aliphatic heterocycles. The van der Waals surface area contributed by atoms with Crippen molar-refractivity contribution in [2.75, 3.05) is 6.54 Å². The van der Waals surface area contributed by atoms with Gasteiger partial charge in [-0.2, -0.15) is 0 Å². The molecule has 1 atom stereocenters. The van der Waals surface area contributed by atoms with Crippen LogP contribution in [0.3, 0.4) is 0 Å². The molecule has 0 aliphatic carbocycles. The van der Waals surface area contributed by atoms with Crippen LogP contribution in [0.2, 0.25) is 0 Å². The maximum absolute atomic E-state index is 12.8. The molecule has 154 valence electrons. The average molecular weight is 400 g/mol. The Kier molecular flexibility index (Phi) is 6.26. The summed E-state index contributed by atoms with van der Waals surface area (Å²) in [7, 11) is 0. The molecule has 0 spiro atoms. The molecule has 1 aromatic rings. The maximum Gasteiger partial charge on any atom is 0.315 e. The lowest BCUT2D eigenvalue weighted by Crippen LogP contribution is -2.54. The third-order valence-corrected chi connectivity index (χ3v) is 5.02. The van der Waals surface area contributed by atoms with Gasteiger partial charge in [0.05, 0.1) is 11.1 Å². The average Bonchev–Trinajstić information content (AvgIpc) is 2.94. The van der Waals surface area contributed by atoms with Crippen molar-refractivity contribution in [2.45, 2.75) is 51.6 Å². The third-order valence-electron chi connectivity index (χ3n) is 5.02. The van der Waals surface area contributed by atoms with Gasteiger partial charge in [-0.15, -0.1) is 0 Å². The molecule has 1 saturated heterocycles. The predicted molar refractivity (Wildman–Crippen MR) is 103 cm³/mol. The van der Waals surface area contributed by atoms with Crippen LogP contribution in [0.1, 0.15) is 65.3 Å². The van der Waals surface area contributed by atoms with Gasteiger partial charge in [0.1, 0.15) is 6.04 Å². The van der Waals surface area contributed by atoms with Crippen molar-refractivity contribution >= 4 is 29.7 Å². The van der Waals surface area contributed by atoms with E-state index in [9.17, 15) is 24.0 Å². The van der Waals surface area contributed by atoms with Crippen LogP contribution in [0.4, 0.5) is 4.79 Å². The molecule has 3 N–H and O–H groups in total. The summed E-state index contributed by atoms with van der Waals surface area (Å²) < 4.78 is 0. The molecule has 0 saturated carbocycles. The van der Waals surface area contributed by atoms with Gasteiger partial charge in [0, 0.05) is 19.5 Å². The second-order valence-electron chi connectivity index (χ2n) is 7.14. The molecule has 2 heterocycles. The zero-order chi connectivity index (χ0) is 21.0. The highest BCUT2D eigenvalue weighted by atomic mass is 16.2. The predicted octanol–water partition coefficient (Wildman–Crippen LogP) is 1.08. The molecule has 29 heavy (non-hydrogen) atoms. The van der Waals surface area contributed by atoms with E-state index in [-0.39, 0.29) is 36.5 Å². The summed E-state index contributed by atoms with van der Waals surface area (Å²) in [6.07, 6.45) is 3.22. The van der Waals surface area contributed by atoms with Crippen molar-refractivity contribution in [3.63, 3.8) is 0 Å². The SMILES string of the molecule is CCCCCNC(=O)NCc1ccc2c(c1)C(=O)N(C1CCC(=O)NC1=O)C2=O. The van der Waals surface area contributed by atoms with E-state index in [1.165, 1.54) is 6.07 Å². The van der Waals surface area contributed by atoms with Gasteiger partial charge in [-0.05, 0) is 30.5 Å². The topological polar surface area (TPSA) is 125 Å². The maximum atomic E-state index is 12.8. The number of unbranched alkanes of at least 4 members (excludes halogenated alkanes) is 2. The van der Waals surface area contributed by atoms with Gasteiger partial charge in [0.15, 0.2) is 0 Å². The third kappa shape index (κ3) is 4.44. The minimum atomic E-state index is -0.990. The van der Waals surface area contributed by atoms with E-state index in [1.807, 2.05) is 0 Å². The smallest absolute Gasteiger partial charge is 0.315 e. The molecule has 1 unspecified atom stereocenters. The number of hydrogen-bond donors (Lipinski definition) is 3. The summed E-state index contributed by atoms with van der Waals surface area (Å²) in [4.78, 5) is 61.6. The summed E-state index contributed by atoms with van der Waals surface area (Å²) in [5.41, 5.74) is 1.08. The zero-order valence-corrected chi connectivity index (χ0v) is 16.2. The molecular weight excluding hydrogens is 376 g/mol. The van der Waals surface area contributed by atoms with Crippen LogP contribution in [0, 0.1) is 0 Å². The molecule has 0 bridgehead atoms. The fourth-order valence-electron chi connectivity index (χ4n) is 3.45. The number of benzene rings is 1. The van der Waals surface area contributed by atoms with E-state index in [0.29, 0.717) is 12.1 Å². The quantitative estimate of drug-likeness (QED) is 0.467. The van der Waals surface area contributed by atoms with E-state index in [0.717, 1.165) is 24.2 Å². The summed E-state index contributed by atoms with van der Waals surface area (Å²) in [5.74, 6) is -2.17. The van der Waals surface area contributed by atoms with Crippen molar-refractivity contribution in [2.24, 2.45) is 0 Å². The zero-order valence-electron chi connectivity index (χ0n) is 16.2. The van der Waals surface area contributed by atoms with Crippen molar-refractivity contribution in [3.8, 4) is 0 Å². The number of imide groups is 2. The van der Waals surface area contributed by atoms with Gasteiger partial charge < -0.3 is 10.6 Å². The van der Waals surface area contributed by atoms with Crippen LogP contribution < -0.4 is 16.0 Å². The fraction of sp³-hybridized carbons (Fsp3) is 0.450. The Bertz CT molecular complexity index is 866. The number of nitrogens with one attached hydrogen (secondary N) is 3. The number of amides is 6. The lowest BCUT2D eigenvalue weighted by atomic mass is 10.0. The number of rotatable bonds is 7. The molecule has 2 aliphatic rings. The van der Waals surface area contributed by atoms with Crippen molar-refractivity contribution < 1.29 is 24.0 Å². The standard InChI is InChI=1S/C20H24N4O5/c1-2-3-4-9-21-20(29)22-11-12-5-6-13-14(10-12)19(28)24(18(13)27)15-7-8-16(25)23-17(15)26/h5-6,10,15H,2-4,7-9,11H2,1H3,(H2,21,22,29)(H,23,25,26). The summed E-state index contributed by atoms with van der Waals surface area (Å²) in [6, 6.07) is 3.45. The lowest BCUT2D eigenvalue weighted by Gasteiger charge is -2.27. The number of nitrogens with zero attached hydrogens (tertiary/aromatic N) is 1. The van der Waals surface area contributed by atoms with Gasteiger partial charge in [-0.25, -0.2) is 4.79 Å². The largest absolute Gasteiger partial charge is 0.338 e. The van der Waals surface area contributed by atoms with Crippen LogP contribution >= 0.6 is 0 Å². The number of carbonyl (C=O) groups excluding carboxylic acids is 5. The van der Waals surface area contributed by atoms with Gasteiger partial charge in [-0.1, -0.05) is 25.8 Å². The van der Waals surface area contributed by atoms with Crippen LogP contribution in [-0.2, 0) is 16.1 Å². The summed E-state index contributed by atoms with van der Waals surface area (Å²) in [5, 5.41) is 7.65. The van der Waals surface area contributed by atoms with E-state index in [2.05, 4.69) is 22.9 Å². The second kappa shape index (κ2) is 8.85. The van der Waals surface area contributed by atoms with Crippen LogP contribution in [0.25, 0.3) is 0 Å². The first-order chi connectivity index (χ1) is 13.9. The number of fused-ring (bicyclic) bond motifs is 1. The monoisotopic (exact) mass is 400 g/mol. The van der Waals surface area contributed by atoms with Crippen LogP contribution in [-0.4, -0.2) is 47.1 Å². The van der Waals surface area contributed by atoms with Gasteiger partial charge in [0.2, 0.25) is 11.8 Å².